The number of nitrogens with one attached hydrogen (secondary N) is 3. The van der Waals surface area contributed by atoms with Crippen molar-refractivity contribution in [2.24, 2.45) is 12.5 Å². The number of hydrogen-bond donors (Lipinski definition) is 4. The number of carbonyl (C=O) groups is 4. The number of aliphatic hydroxyl groups excluding tert-OH is 1. The Morgan fingerprint density at radius 2 is 1.52 bits per heavy atom. The van der Waals surface area contributed by atoms with Crippen molar-refractivity contribution in [2.45, 2.75) is 65.0 Å². The number of alkyl halides is 3. The van der Waals surface area contributed by atoms with Gasteiger partial charge in [-0.25, -0.2) is 4.98 Å². The Kier molecular flexibility index (Phi) is 17.3. The van der Waals surface area contributed by atoms with E-state index in [9.17, 15) is 37.5 Å². The van der Waals surface area contributed by atoms with Crippen LogP contribution in [0.3, 0.4) is 0 Å². The standard InChI is InChI=1S/C50H59F3N8O9S/c1-31-43(71-30-56-31)33-8-6-32(7-9-33)26-55-47(65)41-25-37(62)27-60(41)48(66)44(49(2,3)4)57-42(63)29-70-23-22-69-21-20-68-19-18-67-17-16-54-46(64)34-10-15-40-38(24-34)39-28-59(5)58-45(39)61(40)36-13-11-35(12-14-36)50(51,52)53/h6-15,24,28,30,37,41,44,62H,16-23,25-27,29H2,1-5H3,(H,54,64)(H,55,65)(H,57,63)/t37-,41+,44?/m1/s1. The number of thiazole rings is 1. The van der Waals surface area contributed by atoms with Crippen LogP contribution in [-0.2, 0) is 53.1 Å². The summed E-state index contributed by atoms with van der Waals surface area (Å²) in [5, 5.41) is 25.0. The Labute approximate surface area is 412 Å². The Hall–Kier alpha value is -6.23. The van der Waals surface area contributed by atoms with E-state index in [1.807, 2.05) is 52.0 Å². The molecule has 0 radical (unpaired) electrons. The number of nitrogens with zero attached hydrogens (tertiary/aromatic N) is 5. The normalized spacial score (nSPS) is 15.6. The molecule has 0 aliphatic carbocycles. The zero-order valence-corrected chi connectivity index (χ0v) is 41.0. The van der Waals surface area contributed by atoms with Crippen molar-refractivity contribution in [3.63, 3.8) is 0 Å². The third kappa shape index (κ3) is 13.4. The quantitative estimate of drug-likeness (QED) is 0.0620. The average Bonchev–Trinajstić information content (AvgIpc) is 4.12. The Morgan fingerprint density at radius 1 is 0.859 bits per heavy atom. The molecule has 3 aromatic carbocycles. The van der Waals surface area contributed by atoms with Crippen LogP contribution in [0, 0.1) is 12.3 Å². The number of hydrogen-bond acceptors (Lipinski definition) is 12. The number of aryl methyl sites for hydroxylation is 2. The molecule has 4 N–H and O–H groups in total. The van der Waals surface area contributed by atoms with Crippen molar-refractivity contribution >= 4 is 56.9 Å². The van der Waals surface area contributed by atoms with Gasteiger partial charge in [0, 0.05) is 61.3 Å². The summed E-state index contributed by atoms with van der Waals surface area (Å²) in [5.41, 5.74) is 5.34. The van der Waals surface area contributed by atoms with E-state index in [1.165, 1.54) is 17.0 Å². The van der Waals surface area contributed by atoms with Gasteiger partial charge in [0.1, 0.15) is 18.7 Å². The van der Waals surface area contributed by atoms with Gasteiger partial charge in [0.2, 0.25) is 17.7 Å². The molecule has 17 nitrogen and oxygen atoms in total. The Balaban J connectivity index is 0.748. The molecule has 1 saturated heterocycles. The number of carbonyl (C=O) groups excluding carboxylic acids is 4. The molecule has 7 rings (SSSR count). The second-order valence-electron chi connectivity index (χ2n) is 18.2. The monoisotopic (exact) mass is 1000 g/mol. The molecule has 4 heterocycles. The Morgan fingerprint density at radius 3 is 2.15 bits per heavy atom. The first-order valence-electron chi connectivity index (χ1n) is 23.2. The van der Waals surface area contributed by atoms with Crippen LogP contribution in [0.25, 0.3) is 38.1 Å². The fourth-order valence-corrected chi connectivity index (χ4v) is 9.05. The molecular weight excluding hydrogens is 946 g/mol. The van der Waals surface area contributed by atoms with E-state index in [0.29, 0.717) is 29.0 Å². The van der Waals surface area contributed by atoms with Crippen molar-refractivity contribution in [3.8, 4) is 16.1 Å². The third-order valence-corrected chi connectivity index (χ3v) is 12.8. The average molecular weight is 1010 g/mol. The van der Waals surface area contributed by atoms with Gasteiger partial charge in [-0.1, -0.05) is 45.0 Å². The van der Waals surface area contributed by atoms with Gasteiger partial charge in [-0.15, -0.1) is 11.3 Å². The van der Waals surface area contributed by atoms with E-state index < -0.39 is 53.1 Å². The van der Waals surface area contributed by atoms with Gasteiger partial charge in [-0.2, -0.15) is 18.3 Å². The highest BCUT2D eigenvalue weighted by molar-refractivity contribution is 7.13. The highest BCUT2D eigenvalue weighted by atomic mass is 32.1. The number of ether oxygens (including phenoxy) is 4. The van der Waals surface area contributed by atoms with Crippen molar-refractivity contribution in [3.05, 3.63) is 101 Å². The molecule has 1 unspecified atom stereocenters. The van der Waals surface area contributed by atoms with Crippen molar-refractivity contribution in [1.29, 1.82) is 0 Å². The summed E-state index contributed by atoms with van der Waals surface area (Å²) in [6.45, 7) is 9.18. The lowest BCUT2D eigenvalue weighted by molar-refractivity contribution is -0.144. The van der Waals surface area contributed by atoms with Gasteiger partial charge in [0.25, 0.3) is 5.91 Å². The van der Waals surface area contributed by atoms with Crippen molar-refractivity contribution in [2.75, 3.05) is 65.9 Å². The maximum absolute atomic E-state index is 13.9. The molecule has 6 aromatic rings. The number of aliphatic hydroxyl groups is 1. The molecule has 1 fully saturated rings. The molecule has 4 amide bonds. The van der Waals surface area contributed by atoms with Gasteiger partial charge in [-0.3, -0.25) is 28.4 Å². The maximum atomic E-state index is 13.9. The third-order valence-electron chi connectivity index (χ3n) is 11.9. The lowest BCUT2D eigenvalue weighted by Gasteiger charge is -2.35. The predicted molar refractivity (Wildman–Crippen MR) is 260 cm³/mol. The summed E-state index contributed by atoms with van der Waals surface area (Å²) >= 11 is 1.56. The molecule has 21 heteroatoms. The van der Waals surface area contributed by atoms with Crippen LogP contribution in [0.2, 0.25) is 0 Å². The highest BCUT2D eigenvalue weighted by Crippen LogP contribution is 2.35. The SMILES string of the molecule is Cc1ncsc1-c1ccc(CNC(=O)[C@@H]2C[C@@H](O)CN2C(=O)C(NC(=O)COCCOCCOCCOCCNC(=O)c2ccc3c(c2)c2cn(C)nc2n3-c2ccc(C(F)(F)F)cc2)C(C)(C)C)cc1. The lowest BCUT2D eigenvalue weighted by Crippen LogP contribution is -2.58. The maximum Gasteiger partial charge on any atom is 0.416 e. The number of rotatable bonds is 22. The molecule has 1 aliphatic heterocycles. The van der Waals surface area contributed by atoms with E-state index in [2.05, 4.69) is 26.0 Å². The van der Waals surface area contributed by atoms with Crippen molar-refractivity contribution in [1.82, 2.24) is 40.2 Å². The lowest BCUT2D eigenvalue weighted by atomic mass is 9.85. The van der Waals surface area contributed by atoms with E-state index >= 15 is 0 Å². The molecular formula is C50H59F3N8O9S. The number of amides is 4. The molecule has 1 aliphatic rings. The predicted octanol–water partition coefficient (Wildman–Crippen LogP) is 5.57. The zero-order chi connectivity index (χ0) is 50.9. The van der Waals surface area contributed by atoms with Crippen LogP contribution < -0.4 is 16.0 Å². The van der Waals surface area contributed by atoms with Gasteiger partial charge in [0.05, 0.1) is 79.5 Å². The first kappa shape index (κ1) is 52.6. The zero-order valence-electron chi connectivity index (χ0n) is 40.2. The van der Waals surface area contributed by atoms with Crippen LogP contribution in [0.1, 0.15) is 54.4 Å². The van der Waals surface area contributed by atoms with Gasteiger partial charge >= 0.3 is 6.18 Å². The Bertz CT molecular complexity index is 2790. The molecule has 0 spiro atoms. The fourth-order valence-electron chi connectivity index (χ4n) is 8.24. The minimum Gasteiger partial charge on any atom is -0.391 e. The van der Waals surface area contributed by atoms with Crippen LogP contribution >= 0.6 is 11.3 Å². The number of likely N-dealkylation sites (tertiary alicyclic amines) is 1. The highest BCUT2D eigenvalue weighted by Gasteiger charge is 2.44. The van der Waals surface area contributed by atoms with E-state index in [0.717, 1.165) is 44.6 Å². The first-order valence-corrected chi connectivity index (χ1v) is 24.1. The second-order valence-corrected chi connectivity index (χ2v) is 19.1. The summed E-state index contributed by atoms with van der Waals surface area (Å²) in [6.07, 6.45) is -3.47. The minimum absolute atomic E-state index is 0.0381. The number of fused-ring (bicyclic) bond motifs is 3. The largest absolute Gasteiger partial charge is 0.416 e. The molecule has 3 atom stereocenters. The van der Waals surface area contributed by atoms with Gasteiger partial charge in [0.15, 0.2) is 5.65 Å². The number of halogens is 3. The van der Waals surface area contributed by atoms with Gasteiger partial charge in [-0.05, 0) is 65.9 Å². The molecule has 380 valence electrons. The summed E-state index contributed by atoms with van der Waals surface area (Å²) in [5.74, 6) is -1.69. The summed E-state index contributed by atoms with van der Waals surface area (Å²) in [6, 6.07) is 15.9. The fraction of sp³-hybridized carbons (Fsp3) is 0.440. The van der Waals surface area contributed by atoms with E-state index in [4.69, 9.17) is 18.9 Å². The van der Waals surface area contributed by atoms with Crippen LogP contribution in [0.5, 0.6) is 0 Å². The summed E-state index contributed by atoms with van der Waals surface area (Å²) in [4.78, 5) is 60.1. The summed E-state index contributed by atoms with van der Waals surface area (Å²) in [7, 11) is 1.75. The van der Waals surface area contributed by atoms with Gasteiger partial charge < -0.3 is 44.9 Å². The molecule has 3 aromatic heterocycles. The molecule has 71 heavy (non-hydrogen) atoms. The number of aromatic nitrogens is 4. The summed E-state index contributed by atoms with van der Waals surface area (Å²) < 4.78 is 65.2. The van der Waals surface area contributed by atoms with E-state index in [1.54, 1.807) is 57.5 Å². The van der Waals surface area contributed by atoms with Crippen molar-refractivity contribution < 1.29 is 56.4 Å². The number of β-amino-alcohol motifs (C(OH)–C–C–N with tert-alkyl or cyclic N) is 1. The first-order chi connectivity index (χ1) is 33.9. The van der Waals surface area contributed by atoms with Crippen LogP contribution in [0.15, 0.2) is 78.4 Å². The second kappa shape index (κ2) is 23.3. The minimum atomic E-state index is -4.46. The topological polar surface area (TPSA) is 200 Å². The van der Waals surface area contributed by atoms with Crippen LogP contribution in [0.4, 0.5) is 13.2 Å². The van der Waals surface area contributed by atoms with E-state index in [-0.39, 0.29) is 78.2 Å². The van der Waals surface area contributed by atoms with Crippen LogP contribution in [-0.4, -0.2) is 137 Å². The molecule has 0 saturated carbocycles. The molecule has 0 bridgehead atoms. The smallest absolute Gasteiger partial charge is 0.391 e. The number of benzene rings is 3.